The smallest absolute Gasteiger partial charge is 0.234 e. The minimum atomic E-state index is -0.0852. The molecule has 0 spiro atoms. The first-order valence-corrected chi connectivity index (χ1v) is 9.95. The first kappa shape index (κ1) is 19.1. The number of carbonyl (C=O) groups is 1. The van der Waals surface area contributed by atoms with E-state index < -0.39 is 0 Å². The lowest BCUT2D eigenvalue weighted by atomic mass is 10.0. The van der Waals surface area contributed by atoms with E-state index in [0.717, 1.165) is 17.8 Å². The number of amides is 1. The molecular weight excluding hydrogens is 358 g/mol. The third-order valence-corrected chi connectivity index (χ3v) is 5.12. The minimum Gasteiger partial charge on any atom is -0.325 e. The highest BCUT2D eigenvalue weighted by Gasteiger charge is 2.12. The number of aryl methyl sites for hydroxylation is 1. The van der Waals surface area contributed by atoms with E-state index in [1.54, 1.807) is 4.68 Å². The molecule has 1 N–H and O–H groups in total. The van der Waals surface area contributed by atoms with Gasteiger partial charge in [-0.1, -0.05) is 56.8 Å². The Labute approximate surface area is 163 Å². The van der Waals surface area contributed by atoms with Crippen molar-refractivity contribution in [1.29, 1.82) is 0 Å². The predicted molar refractivity (Wildman–Crippen MR) is 108 cm³/mol. The molecule has 0 saturated heterocycles. The second-order valence-corrected chi connectivity index (χ2v) is 7.45. The first-order chi connectivity index (χ1) is 13.1. The van der Waals surface area contributed by atoms with Crippen molar-refractivity contribution in [2.75, 3.05) is 11.1 Å². The summed E-state index contributed by atoms with van der Waals surface area (Å²) in [5.41, 5.74) is 4.13. The Morgan fingerprint density at radius 2 is 1.96 bits per heavy atom. The fourth-order valence-electron chi connectivity index (χ4n) is 2.63. The number of rotatable bonds is 7. The molecule has 0 saturated carbocycles. The number of thioether (sulfide) groups is 1. The van der Waals surface area contributed by atoms with Gasteiger partial charge in [-0.15, -0.1) is 5.10 Å². The number of tetrazole rings is 1. The standard InChI is InChI=1S/C20H23N5OS/c1-4-15-6-5-7-17(12-15)21-19(26)13-27-20-22-23-24-25(20)18-10-8-16(9-11-18)14(2)3/h5-12,14H,4,13H2,1-3H3,(H,21,26). The number of hydrogen-bond acceptors (Lipinski definition) is 5. The van der Waals surface area contributed by atoms with Crippen LogP contribution in [0.5, 0.6) is 0 Å². The van der Waals surface area contributed by atoms with Gasteiger partial charge in [-0.3, -0.25) is 4.79 Å². The van der Waals surface area contributed by atoms with Gasteiger partial charge in [0.1, 0.15) is 0 Å². The first-order valence-electron chi connectivity index (χ1n) is 8.97. The lowest BCUT2D eigenvalue weighted by Gasteiger charge is -2.08. The summed E-state index contributed by atoms with van der Waals surface area (Å²) in [6.07, 6.45) is 0.933. The van der Waals surface area contributed by atoms with Gasteiger partial charge in [-0.2, -0.15) is 4.68 Å². The Kier molecular flexibility index (Phi) is 6.24. The molecule has 1 aromatic heterocycles. The zero-order valence-corrected chi connectivity index (χ0v) is 16.5. The van der Waals surface area contributed by atoms with Gasteiger partial charge in [-0.05, 0) is 58.2 Å². The molecule has 0 unspecified atom stereocenters. The Hall–Kier alpha value is -2.67. The molecule has 3 aromatic rings. The number of anilines is 1. The summed E-state index contributed by atoms with van der Waals surface area (Å²) in [5, 5.41) is 15.3. The van der Waals surface area contributed by atoms with Crippen molar-refractivity contribution < 1.29 is 4.79 Å². The second-order valence-electron chi connectivity index (χ2n) is 6.51. The van der Waals surface area contributed by atoms with Crippen molar-refractivity contribution >= 4 is 23.4 Å². The zero-order valence-electron chi connectivity index (χ0n) is 15.7. The maximum atomic E-state index is 12.3. The molecule has 7 heteroatoms. The number of nitrogens with zero attached hydrogens (tertiary/aromatic N) is 4. The molecule has 1 heterocycles. The molecule has 0 aliphatic heterocycles. The monoisotopic (exact) mass is 381 g/mol. The van der Waals surface area contributed by atoms with Gasteiger partial charge in [0.05, 0.1) is 11.4 Å². The van der Waals surface area contributed by atoms with Crippen LogP contribution in [0.25, 0.3) is 5.69 Å². The summed E-state index contributed by atoms with van der Waals surface area (Å²) < 4.78 is 1.65. The van der Waals surface area contributed by atoms with E-state index in [0.29, 0.717) is 11.1 Å². The molecule has 0 atom stereocenters. The number of carbonyl (C=O) groups excluding carboxylic acids is 1. The van der Waals surface area contributed by atoms with E-state index in [1.807, 2.05) is 36.4 Å². The van der Waals surface area contributed by atoms with Crippen molar-refractivity contribution in [3.05, 3.63) is 59.7 Å². The van der Waals surface area contributed by atoms with Gasteiger partial charge >= 0.3 is 0 Å². The average Bonchev–Trinajstić information content (AvgIpc) is 3.15. The van der Waals surface area contributed by atoms with Gasteiger partial charge in [0.2, 0.25) is 11.1 Å². The lowest BCUT2D eigenvalue weighted by molar-refractivity contribution is -0.113. The summed E-state index contributed by atoms with van der Waals surface area (Å²) in [6.45, 7) is 6.40. The van der Waals surface area contributed by atoms with E-state index >= 15 is 0 Å². The molecule has 27 heavy (non-hydrogen) atoms. The zero-order chi connectivity index (χ0) is 19.2. The Balaban J connectivity index is 1.63. The maximum Gasteiger partial charge on any atom is 0.234 e. The van der Waals surface area contributed by atoms with Gasteiger partial charge < -0.3 is 5.32 Å². The van der Waals surface area contributed by atoms with Crippen LogP contribution >= 0.6 is 11.8 Å². The van der Waals surface area contributed by atoms with Crippen LogP contribution in [0.4, 0.5) is 5.69 Å². The molecule has 140 valence electrons. The van der Waals surface area contributed by atoms with Crippen molar-refractivity contribution in [1.82, 2.24) is 20.2 Å². The number of benzene rings is 2. The highest BCUT2D eigenvalue weighted by atomic mass is 32.2. The molecule has 0 radical (unpaired) electrons. The Morgan fingerprint density at radius 3 is 2.67 bits per heavy atom. The highest BCUT2D eigenvalue weighted by Crippen LogP contribution is 2.21. The minimum absolute atomic E-state index is 0.0852. The summed E-state index contributed by atoms with van der Waals surface area (Å²) in [7, 11) is 0. The second kappa shape index (κ2) is 8.81. The van der Waals surface area contributed by atoms with Crippen molar-refractivity contribution in [3.63, 3.8) is 0 Å². The maximum absolute atomic E-state index is 12.3. The Morgan fingerprint density at radius 1 is 1.19 bits per heavy atom. The van der Waals surface area contributed by atoms with Gasteiger partial charge in [0, 0.05) is 5.69 Å². The van der Waals surface area contributed by atoms with E-state index in [1.165, 1.54) is 22.9 Å². The van der Waals surface area contributed by atoms with Crippen molar-refractivity contribution in [2.45, 2.75) is 38.3 Å². The van der Waals surface area contributed by atoms with Gasteiger partial charge in [-0.25, -0.2) is 0 Å². The van der Waals surface area contributed by atoms with Crippen LogP contribution in [-0.2, 0) is 11.2 Å². The molecule has 2 aromatic carbocycles. The van der Waals surface area contributed by atoms with Crippen LogP contribution in [0.3, 0.4) is 0 Å². The van der Waals surface area contributed by atoms with Crippen LogP contribution in [-0.4, -0.2) is 31.9 Å². The fraction of sp³-hybridized carbons (Fsp3) is 0.300. The lowest BCUT2D eigenvalue weighted by Crippen LogP contribution is -2.14. The Bertz CT molecular complexity index is 905. The number of aromatic nitrogens is 4. The van der Waals surface area contributed by atoms with Crippen LogP contribution < -0.4 is 5.32 Å². The van der Waals surface area contributed by atoms with Crippen LogP contribution in [0.15, 0.2) is 53.7 Å². The SMILES string of the molecule is CCc1cccc(NC(=O)CSc2nnnn2-c2ccc(C(C)C)cc2)c1. The molecule has 6 nitrogen and oxygen atoms in total. The highest BCUT2D eigenvalue weighted by molar-refractivity contribution is 7.99. The fourth-order valence-corrected chi connectivity index (χ4v) is 3.32. The van der Waals surface area contributed by atoms with Gasteiger partial charge in [0.25, 0.3) is 0 Å². The summed E-state index contributed by atoms with van der Waals surface area (Å²) in [6, 6.07) is 16.0. The van der Waals surface area contributed by atoms with E-state index in [9.17, 15) is 4.79 Å². The average molecular weight is 382 g/mol. The molecular formula is C20H23N5OS. The van der Waals surface area contributed by atoms with Crippen molar-refractivity contribution in [2.24, 2.45) is 0 Å². The molecule has 3 rings (SSSR count). The van der Waals surface area contributed by atoms with Crippen molar-refractivity contribution in [3.8, 4) is 5.69 Å². The van der Waals surface area contributed by atoms with E-state index in [2.05, 4.69) is 53.7 Å². The van der Waals surface area contributed by atoms with Crippen LogP contribution in [0, 0.1) is 0 Å². The largest absolute Gasteiger partial charge is 0.325 e. The van der Waals surface area contributed by atoms with Crippen LogP contribution in [0.2, 0.25) is 0 Å². The number of nitrogens with one attached hydrogen (secondary N) is 1. The molecule has 0 bridgehead atoms. The molecule has 0 aliphatic rings. The quantitative estimate of drug-likeness (QED) is 0.624. The molecule has 0 fully saturated rings. The van der Waals surface area contributed by atoms with Crippen LogP contribution in [0.1, 0.15) is 37.8 Å². The normalized spacial score (nSPS) is 11.0. The summed E-state index contributed by atoms with van der Waals surface area (Å²) >= 11 is 1.31. The predicted octanol–water partition coefficient (Wildman–Crippen LogP) is 4.08. The molecule has 0 aliphatic carbocycles. The number of hydrogen-bond donors (Lipinski definition) is 1. The summed E-state index contributed by atoms with van der Waals surface area (Å²) in [5.74, 6) is 0.621. The third kappa shape index (κ3) is 4.95. The van der Waals surface area contributed by atoms with Gasteiger partial charge in [0.15, 0.2) is 0 Å². The summed E-state index contributed by atoms with van der Waals surface area (Å²) in [4.78, 5) is 12.3. The topological polar surface area (TPSA) is 72.7 Å². The van der Waals surface area contributed by atoms with E-state index in [4.69, 9.17) is 0 Å². The third-order valence-electron chi connectivity index (χ3n) is 4.20. The molecule has 1 amide bonds. The van der Waals surface area contributed by atoms with E-state index in [-0.39, 0.29) is 11.7 Å².